The third-order valence-corrected chi connectivity index (χ3v) is 3.76. The van der Waals surface area contributed by atoms with Gasteiger partial charge in [-0.15, -0.1) is 11.3 Å². The second-order valence-electron chi connectivity index (χ2n) is 4.01. The number of hydrogen-bond acceptors (Lipinski definition) is 4. The average molecular weight is 254 g/mol. The number of hydrogen-bond donors (Lipinski definition) is 0. The summed E-state index contributed by atoms with van der Waals surface area (Å²) < 4.78 is 0. The van der Waals surface area contributed by atoms with Crippen molar-refractivity contribution in [3.63, 3.8) is 0 Å². The number of benzene rings is 1. The normalized spacial score (nSPS) is 10.7. The molecule has 2 aromatic heterocycles. The summed E-state index contributed by atoms with van der Waals surface area (Å²) in [4.78, 5) is 21.6. The van der Waals surface area contributed by atoms with Crippen LogP contribution in [0.5, 0.6) is 0 Å². The highest BCUT2D eigenvalue weighted by Crippen LogP contribution is 2.19. The van der Waals surface area contributed by atoms with E-state index in [1.165, 1.54) is 11.3 Å². The highest BCUT2D eigenvalue weighted by Gasteiger charge is 2.15. The van der Waals surface area contributed by atoms with Crippen molar-refractivity contribution in [1.82, 2.24) is 9.97 Å². The van der Waals surface area contributed by atoms with Crippen molar-refractivity contribution in [1.29, 1.82) is 0 Å². The van der Waals surface area contributed by atoms with E-state index >= 15 is 0 Å². The molecule has 0 spiro atoms. The lowest BCUT2D eigenvalue weighted by molar-refractivity contribution is 0.103. The van der Waals surface area contributed by atoms with E-state index in [9.17, 15) is 4.79 Å². The van der Waals surface area contributed by atoms with E-state index in [0.717, 1.165) is 21.5 Å². The molecule has 0 unspecified atom stereocenters. The van der Waals surface area contributed by atoms with Crippen LogP contribution in [0.2, 0.25) is 0 Å². The van der Waals surface area contributed by atoms with Crippen molar-refractivity contribution in [2.45, 2.75) is 6.92 Å². The Morgan fingerprint density at radius 2 is 1.94 bits per heavy atom. The molecular formula is C14H10N2OS. The summed E-state index contributed by atoms with van der Waals surface area (Å²) in [5.41, 5.74) is 2.94. The molecule has 2 heterocycles. The second-order valence-corrected chi connectivity index (χ2v) is 4.92. The van der Waals surface area contributed by atoms with E-state index in [-0.39, 0.29) is 5.78 Å². The van der Waals surface area contributed by atoms with Gasteiger partial charge in [0, 0.05) is 0 Å². The quantitative estimate of drug-likeness (QED) is 0.659. The lowest BCUT2D eigenvalue weighted by Crippen LogP contribution is -2.04. The maximum absolute atomic E-state index is 12.3. The Bertz CT molecular complexity index is 733. The van der Waals surface area contributed by atoms with Crippen LogP contribution in [0.4, 0.5) is 0 Å². The van der Waals surface area contributed by atoms with E-state index < -0.39 is 0 Å². The zero-order valence-corrected chi connectivity index (χ0v) is 10.6. The molecule has 3 nitrogen and oxygen atoms in total. The Balaban J connectivity index is 2.10. The molecule has 88 valence electrons. The molecule has 3 aromatic rings. The van der Waals surface area contributed by atoms with Gasteiger partial charge in [0.2, 0.25) is 5.78 Å². The van der Waals surface area contributed by atoms with Gasteiger partial charge in [0.05, 0.1) is 22.1 Å². The largest absolute Gasteiger partial charge is 0.286 e. The summed E-state index contributed by atoms with van der Waals surface area (Å²) in [7, 11) is 0. The van der Waals surface area contributed by atoms with Crippen LogP contribution in [0, 0.1) is 6.92 Å². The fourth-order valence-electron chi connectivity index (χ4n) is 1.79. The Labute approximate surface area is 108 Å². The zero-order chi connectivity index (χ0) is 12.5. The molecule has 18 heavy (non-hydrogen) atoms. The number of carbonyl (C=O) groups is 1. The SMILES string of the molecule is Cc1ccsc1C(=O)c1cnc2ccccc2n1. The number of aromatic nitrogens is 2. The smallest absolute Gasteiger partial charge is 0.223 e. The number of thiophene rings is 1. The van der Waals surface area contributed by atoms with Crippen molar-refractivity contribution in [2.24, 2.45) is 0 Å². The molecule has 0 atom stereocenters. The Hall–Kier alpha value is -2.07. The van der Waals surface area contributed by atoms with Crippen molar-refractivity contribution in [2.75, 3.05) is 0 Å². The van der Waals surface area contributed by atoms with Crippen molar-refractivity contribution in [3.8, 4) is 0 Å². The van der Waals surface area contributed by atoms with Crippen LogP contribution < -0.4 is 0 Å². The number of ketones is 1. The van der Waals surface area contributed by atoms with E-state index in [2.05, 4.69) is 9.97 Å². The monoisotopic (exact) mass is 254 g/mol. The fourth-order valence-corrected chi connectivity index (χ4v) is 2.66. The number of nitrogens with zero attached hydrogens (tertiary/aromatic N) is 2. The predicted molar refractivity (Wildman–Crippen MR) is 72.0 cm³/mol. The van der Waals surface area contributed by atoms with E-state index in [1.807, 2.05) is 42.6 Å². The standard InChI is InChI=1S/C14H10N2OS/c1-9-6-7-18-14(9)13(17)12-8-15-10-4-2-3-5-11(10)16-12/h2-8H,1H3. The molecule has 0 N–H and O–H groups in total. The highest BCUT2D eigenvalue weighted by molar-refractivity contribution is 7.12. The molecule has 0 fully saturated rings. The molecule has 0 bridgehead atoms. The lowest BCUT2D eigenvalue weighted by Gasteiger charge is -2.01. The molecule has 3 rings (SSSR count). The van der Waals surface area contributed by atoms with Crippen molar-refractivity contribution in [3.05, 3.63) is 58.0 Å². The van der Waals surface area contributed by atoms with Gasteiger partial charge in [-0.2, -0.15) is 0 Å². The average Bonchev–Trinajstić information content (AvgIpc) is 2.83. The molecule has 0 saturated heterocycles. The summed E-state index contributed by atoms with van der Waals surface area (Å²) >= 11 is 1.44. The van der Waals surface area contributed by atoms with E-state index in [1.54, 1.807) is 6.20 Å². The van der Waals surface area contributed by atoms with Gasteiger partial charge in [-0.3, -0.25) is 9.78 Å². The van der Waals surface area contributed by atoms with Crippen LogP contribution in [0.3, 0.4) is 0 Å². The maximum Gasteiger partial charge on any atom is 0.223 e. The Kier molecular flexibility index (Phi) is 2.64. The number of carbonyl (C=O) groups excluding carboxylic acids is 1. The highest BCUT2D eigenvalue weighted by atomic mass is 32.1. The van der Waals surface area contributed by atoms with Crippen LogP contribution in [0.1, 0.15) is 20.9 Å². The molecule has 1 aromatic carbocycles. The summed E-state index contributed by atoms with van der Waals surface area (Å²) in [5.74, 6) is -0.0549. The van der Waals surface area contributed by atoms with Crippen LogP contribution in [-0.2, 0) is 0 Å². The minimum atomic E-state index is -0.0549. The summed E-state index contributed by atoms with van der Waals surface area (Å²) in [6.45, 7) is 1.93. The van der Waals surface area contributed by atoms with Gasteiger partial charge < -0.3 is 0 Å². The first-order chi connectivity index (χ1) is 8.75. The maximum atomic E-state index is 12.3. The Morgan fingerprint density at radius 1 is 1.17 bits per heavy atom. The van der Waals surface area contributed by atoms with Gasteiger partial charge in [-0.1, -0.05) is 12.1 Å². The molecule has 0 aliphatic heterocycles. The molecule has 0 radical (unpaired) electrons. The van der Waals surface area contributed by atoms with Crippen molar-refractivity contribution >= 4 is 28.2 Å². The van der Waals surface area contributed by atoms with E-state index in [0.29, 0.717) is 5.69 Å². The van der Waals surface area contributed by atoms with Crippen LogP contribution >= 0.6 is 11.3 Å². The van der Waals surface area contributed by atoms with Gasteiger partial charge >= 0.3 is 0 Å². The first-order valence-electron chi connectivity index (χ1n) is 5.56. The van der Waals surface area contributed by atoms with Crippen LogP contribution in [0.15, 0.2) is 41.9 Å². The fraction of sp³-hybridized carbons (Fsp3) is 0.0714. The second kappa shape index (κ2) is 4.31. The summed E-state index contributed by atoms with van der Waals surface area (Å²) in [6, 6.07) is 9.48. The molecule has 4 heteroatoms. The molecular weight excluding hydrogens is 244 g/mol. The first kappa shape index (κ1) is 11.0. The third kappa shape index (κ3) is 1.80. The van der Waals surface area contributed by atoms with E-state index in [4.69, 9.17) is 0 Å². The van der Waals surface area contributed by atoms with Gasteiger partial charge in [-0.25, -0.2) is 4.98 Å². The predicted octanol–water partition coefficient (Wildman–Crippen LogP) is 3.23. The number of para-hydroxylation sites is 2. The number of fused-ring (bicyclic) bond motifs is 1. The van der Waals surface area contributed by atoms with Gasteiger partial charge in [-0.05, 0) is 36.1 Å². The van der Waals surface area contributed by atoms with Gasteiger partial charge in [0.25, 0.3) is 0 Å². The number of aryl methyl sites for hydroxylation is 1. The van der Waals surface area contributed by atoms with Gasteiger partial charge in [0.1, 0.15) is 5.69 Å². The Morgan fingerprint density at radius 3 is 2.67 bits per heavy atom. The first-order valence-corrected chi connectivity index (χ1v) is 6.44. The molecule has 0 aliphatic carbocycles. The molecule has 0 amide bonds. The van der Waals surface area contributed by atoms with Crippen LogP contribution in [-0.4, -0.2) is 15.8 Å². The van der Waals surface area contributed by atoms with Crippen LogP contribution in [0.25, 0.3) is 11.0 Å². The third-order valence-electron chi connectivity index (χ3n) is 2.75. The lowest BCUT2D eigenvalue weighted by atomic mass is 10.2. The van der Waals surface area contributed by atoms with Gasteiger partial charge in [0.15, 0.2) is 0 Å². The zero-order valence-electron chi connectivity index (χ0n) is 9.75. The number of rotatable bonds is 2. The molecule has 0 aliphatic rings. The minimum Gasteiger partial charge on any atom is -0.286 e. The molecule has 0 saturated carbocycles. The summed E-state index contributed by atoms with van der Waals surface area (Å²) in [5, 5.41) is 1.91. The minimum absolute atomic E-state index is 0.0549. The summed E-state index contributed by atoms with van der Waals surface area (Å²) in [6.07, 6.45) is 1.55. The topological polar surface area (TPSA) is 42.9 Å². The van der Waals surface area contributed by atoms with Crippen molar-refractivity contribution < 1.29 is 4.79 Å².